The molecular formula is C12H17NO2. The molecule has 0 radical (unpaired) electrons. The first kappa shape index (κ1) is 11.7. The minimum Gasteiger partial charge on any atom is -0.372 e. The molecule has 82 valence electrons. The maximum atomic E-state index is 11.3. The van der Waals surface area contributed by atoms with Gasteiger partial charge in [0.1, 0.15) is 6.61 Å². The number of nitrogens with one attached hydrogen (secondary N) is 1. The van der Waals surface area contributed by atoms with Crippen LogP contribution in [0, 0.1) is 6.92 Å². The van der Waals surface area contributed by atoms with Gasteiger partial charge in [-0.3, -0.25) is 4.79 Å². The van der Waals surface area contributed by atoms with Crippen LogP contribution >= 0.6 is 0 Å². The third-order valence-corrected chi connectivity index (χ3v) is 2.17. The van der Waals surface area contributed by atoms with Crippen molar-refractivity contribution < 1.29 is 9.53 Å². The highest BCUT2D eigenvalue weighted by Crippen LogP contribution is 2.05. The Bertz CT molecular complexity index is 323. The second-order valence-corrected chi connectivity index (χ2v) is 3.34. The molecule has 0 aliphatic carbocycles. The standard InChI is InChI=1S/C12H17NO2/c1-3-15-9-12(14)13-8-11-7-5-4-6-10(11)2/h4-7H,3,8-9H2,1-2H3,(H,13,14). The van der Waals surface area contributed by atoms with Crippen LogP contribution in [0.4, 0.5) is 0 Å². The average molecular weight is 207 g/mol. The van der Waals surface area contributed by atoms with Gasteiger partial charge in [0.25, 0.3) is 0 Å². The molecule has 3 heteroatoms. The molecule has 0 unspecified atom stereocenters. The van der Waals surface area contributed by atoms with Crippen molar-refractivity contribution in [3.05, 3.63) is 35.4 Å². The quantitative estimate of drug-likeness (QED) is 0.797. The van der Waals surface area contributed by atoms with Crippen molar-refractivity contribution in [1.29, 1.82) is 0 Å². The smallest absolute Gasteiger partial charge is 0.246 e. The van der Waals surface area contributed by atoms with Crippen LogP contribution in [0.25, 0.3) is 0 Å². The van der Waals surface area contributed by atoms with Crippen LogP contribution in [0.15, 0.2) is 24.3 Å². The van der Waals surface area contributed by atoms with E-state index < -0.39 is 0 Å². The van der Waals surface area contributed by atoms with Gasteiger partial charge in [-0.15, -0.1) is 0 Å². The highest BCUT2D eigenvalue weighted by molar-refractivity contribution is 5.77. The molecule has 0 spiro atoms. The monoisotopic (exact) mass is 207 g/mol. The van der Waals surface area contributed by atoms with E-state index in [2.05, 4.69) is 5.32 Å². The maximum absolute atomic E-state index is 11.3. The number of amides is 1. The molecule has 0 saturated carbocycles. The molecule has 0 atom stereocenters. The van der Waals surface area contributed by atoms with Crippen LogP contribution in [-0.4, -0.2) is 19.1 Å². The number of rotatable bonds is 5. The second-order valence-electron chi connectivity index (χ2n) is 3.34. The molecule has 0 aliphatic heterocycles. The van der Waals surface area contributed by atoms with Crippen LogP contribution in [0.2, 0.25) is 0 Å². The van der Waals surface area contributed by atoms with Gasteiger partial charge in [-0.2, -0.15) is 0 Å². The fraction of sp³-hybridized carbons (Fsp3) is 0.417. The lowest BCUT2D eigenvalue weighted by Crippen LogP contribution is -2.27. The largest absolute Gasteiger partial charge is 0.372 e. The molecule has 1 aromatic rings. The molecule has 3 nitrogen and oxygen atoms in total. The topological polar surface area (TPSA) is 38.3 Å². The summed E-state index contributed by atoms with van der Waals surface area (Å²) in [4.78, 5) is 11.3. The molecule has 0 aromatic heterocycles. The van der Waals surface area contributed by atoms with Crippen LogP contribution in [-0.2, 0) is 16.1 Å². The third kappa shape index (κ3) is 4.13. The van der Waals surface area contributed by atoms with Crippen LogP contribution in [0.3, 0.4) is 0 Å². The Kier molecular flexibility index (Phi) is 4.84. The minimum atomic E-state index is -0.0693. The van der Waals surface area contributed by atoms with E-state index in [1.807, 2.05) is 38.1 Å². The fourth-order valence-corrected chi connectivity index (χ4v) is 1.25. The Labute approximate surface area is 90.4 Å². The van der Waals surface area contributed by atoms with Gasteiger partial charge in [0.2, 0.25) is 5.91 Å². The summed E-state index contributed by atoms with van der Waals surface area (Å²) in [5.74, 6) is -0.0693. The molecule has 0 saturated heterocycles. The number of hydrogen-bond donors (Lipinski definition) is 1. The lowest BCUT2D eigenvalue weighted by atomic mass is 10.1. The van der Waals surface area contributed by atoms with Gasteiger partial charge in [0.05, 0.1) is 0 Å². The predicted octanol–water partition coefficient (Wildman–Crippen LogP) is 1.65. The number of hydrogen-bond acceptors (Lipinski definition) is 2. The Hall–Kier alpha value is -1.35. The van der Waals surface area contributed by atoms with Crippen molar-refractivity contribution in [3.8, 4) is 0 Å². The Morgan fingerprint density at radius 1 is 1.40 bits per heavy atom. The summed E-state index contributed by atoms with van der Waals surface area (Å²) in [5.41, 5.74) is 2.33. The van der Waals surface area contributed by atoms with Gasteiger partial charge in [-0.05, 0) is 25.0 Å². The van der Waals surface area contributed by atoms with Gasteiger partial charge in [-0.1, -0.05) is 24.3 Å². The summed E-state index contributed by atoms with van der Waals surface area (Å²) >= 11 is 0. The van der Waals surface area contributed by atoms with E-state index in [0.717, 1.165) is 5.56 Å². The number of carbonyl (C=O) groups is 1. The Morgan fingerprint density at radius 2 is 2.13 bits per heavy atom. The molecule has 1 amide bonds. The van der Waals surface area contributed by atoms with E-state index in [1.165, 1.54) is 5.56 Å². The lowest BCUT2D eigenvalue weighted by molar-refractivity contribution is -0.125. The highest BCUT2D eigenvalue weighted by Gasteiger charge is 2.01. The molecular weight excluding hydrogens is 190 g/mol. The third-order valence-electron chi connectivity index (χ3n) is 2.17. The van der Waals surface area contributed by atoms with Crippen LogP contribution < -0.4 is 5.32 Å². The second kappa shape index (κ2) is 6.19. The zero-order valence-corrected chi connectivity index (χ0v) is 9.25. The van der Waals surface area contributed by atoms with Crippen molar-refractivity contribution in [2.75, 3.05) is 13.2 Å². The van der Waals surface area contributed by atoms with Crippen molar-refractivity contribution in [3.63, 3.8) is 0 Å². The molecule has 1 aromatic carbocycles. The number of ether oxygens (including phenoxy) is 1. The zero-order chi connectivity index (χ0) is 11.1. The summed E-state index contributed by atoms with van der Waals surface area (Å²) in [6.07, 6.45) is 0. The van der Waals surface area contributed by atoms with Gasteiger partial charge >= 0.3 is 0 Å². The van der Waals surface area contributed by atoms with Gasteiger partial charge in [-0.25, -0.2) is 0 Å². The minimum absolute atomic E-state index is 0.0693. The summed E-state index contributed by atoms with van der Waals surface area (Å²) < 4.78 is 5.00. The van der Waals surface area contributed by atoms with E-state index in [9.17, 15) is 4.79 Å². The Morgan fingerprint density at radius 3 is 2.80 bits per heavy atom. The van der Waals surface area contributed by atoms with Crippen molar-refractivity contribution in [1.82, 2.24) is 5.32 Å². The van der Waals surface area contributed by atoms with Crippen molar-refractivity contribution >= 4 is 5.91 Å². The molecule has 0 aliphatic rings. The Balaban J connectivity index is 2.37. The number of carbonyl (C=O) groups excluding carboxylic acids is 1. The zero-order valence-electron chi connectivity index (χ0n) is 9.25. The normalized spacial score (nSPS) is 10.0. The predicted molar refractivity (Wildman–Crippen MR) is 59.5 cm³/mol. The molecule has 15 heavy (non-hydrogen) atoms. The van der Waals surface area contributed by atoms with E-state index in [1.54, 1.807) is 0 Å². The van der Waals surface area contributed by atoms with Gasteiger partial charge in [0, 0.05) is 13.2 Å². The first-order valence-corrected chi connectivity index (χ1v) is 5.13. The van der Waals surface area contributed by atoms with Crippen LogP contribution in [0.5, 0.6) is 0 Å². The lowest BCUT2D eigenvalue weighted by Gasteiger charge is -2.07. The summed E-state index contributed by atoms with van der Waals surface area (Å²) in [6.45, 7) is 5.18. The van der Waals surface area contributed by atoms with Crippen molar-refractivity contribution in [2.45, 2.75) is 20.4 Å². The van der Waals surface area contributed by atoms with Crippen LogP contribution in [0.1, 0.15) is 18.1 Å². The van der Waals surface area contributed by atoms with E-state index in [4.69, 9.17) is 4.74 Å². The maximum Gasteiger partial charge on any atom is 0.246 e. The van der Waals surface area contributed by atoms with E-state index in [-0.39, 0.29) is 12.5 Å². The molecule has 1 rings (SSSR count). The molecule has 1 N–H and O–H groups in total. The highest BCUT2D eigenvalue weighted by atomic mass is 16.5. The summed E-state index contributed by atoms with van der Waals surface area (Å²) in [7, 11) is 0. The van der Waals surface area contributed by atoms with Crippen molar-refractivity contribution in [2.24, 2.45) is 0 Å². The van der Waals surface area contributed by atoms with E-state index >= 15 is 0 Å². The van der Waals surface area contributed by atoms with Gasteiger partial charge in [0.15, 0.2) is 0 Å². The average Bonchev–Trinajstić information content (AvgIpc) is 2.25. The number of benzene rings is 1. The molecule has 0 heterocycles. The summed E-state index contributed by atoms with van der Waals surface area (Å²) in [5, 5.41) is 2.81. The fourth-order valence-electron chi connectivity index (χ4n) is 1.25. The van der Waals surface area contributed by atoms with E-state index in [0.29, 0.717) is 13.2 Å². The molecule has 0 bridgehead atoms. The first-order valence-electron chi connectivity index (χ1n) is 5.13. The number of aryl methyl sites for hydroxylation is 1. The first-order chi connectivity index (χ1) is 7.24. The molecule has 0 fully saturated rings. The summed E-state index contributed by atoms with van der Waals surface area (Å²) in [6, 6.07) is 8.00. The van der Waals surface area contributed by atoms with Gasteiger partial charge < -0.3 is 10.1 Å². The SMILES string of the molecule is CCOCC(=O)NCc1ccccc1C.